The summed E-state index contributed by atoms with van der Waals surface area (Å²) < 4.78 is 41.7. The van der Waals surface area contributed by atoms with Gasteiger partial charge in [-0.2, -0.15) is 18.3 Å². The summed E-state index contributed by atoms with van der Waals surface area (Å²) in [6.07, 6.45) is -1.36. The number of likely N-dealkylation sites (N-methyl/N-ethyl adjacent to an activating group) is 1. The van der Waals surface area contributed by atoms with Crippen LogP contribution >= 0.6 is 23.4 Å². The Labute approximate surface area is 196 Å². The van der Waals surface area contributed by atoms with Gasteiger partial charge in [-0.05, 0) is 60.3 Å². The number of hydrogen-bond acceptors (Lipinski definition) is 5. The van der Waals surface area contributed by atoms with Crippen molar-refractivity contribution in [2.24, 2.45) is 0 Å². The summed E-state index contributed by atoms with van der Waals surface area (Å²) in [5, 5.41) is 7.52. The average molecular weight is 495 g/mol. The first-order valence-electron chi connectivity index (χ1n) is 9.88. The highest BCUT2D eigenvalue weighted by Gasteiger charge is 2.35. The van der Waals surface area contributed by atoms with Crippen molar-refractivity contribution in [3.05, 3.63) is 69.2 Å². The molecule has 0 atom stereocenters. The van der Waals surface area contributed by atoms with Gasteiger partial charge in [0.25, 0.3) is 11.1 Å². The van der Waals surface area contributed by atoms with Gasteiger partial charge in [0.15, 0.2) is 0 Å². The van der Waals surface area contributed by atoms with Gasteiger partial charge in [0.1, 0.15) is 0 Å². The molecule has 1 aromatic heterocycles. The molecule has 2 amide bonds. The fourth-order valence-electron chi connectivity index (χ4n) is 3.50. The van der Waals surface area contributed by atoms with Crippen LogP contribution in [0.2, 0.25) is 5.02 Å². The standard InChI is InChI=1S/C22H18ClF3N4O2S/c1-27-6-7-29-20(31)19(33-21(29)32)9-13-2-5-18-15(8-13)11-28-30(18)12-14-3-4-16(23)10-17(14)22(24,25)26/h2-5,8-11,27H,6-7,12H2,1H3. The molecule has 0 aliphatic carbocycles. The van der Waals surface area contributed by atoms with E-state index in [0.29, 0.717) is 27.9 Å². The fraction of sp³-hybridized carbons (Fsp3) is 0.227. The Morgan fingerprint density at radius 2 is 1.97 bits per heavy atom. The molecule has 172 valence electrons. The number of hydrogen-bond donors (Lipinski definition) is 1. The van der Waals surface area contributed by atoms with Crippen LogP contribution in [0.4, 0.5) is 18.0 Å². The second-order valence-electron chi connectivity index (χ2n) is 7.36. The van der Waals surface area contributed by atoms with E-state index in [9.17, 15) is 22.8 Å². The number of alkyl halides is 3. The largest absolute Gasteiger partial charge is 0.416 e. The van der Waals surface area contributed by atoms with Crippen molar-refractivity contribution < 1.29 is 22.8 Å². The molecule has 0 saturated carbocycles. The third kappa shape index (κ3) is 4.92. The average Bonchev–Trinajstić information content (AvgIpc) is 3.27. The summed E-state index contributed by atoms with van der Waals surface area (Å²) >= 11 is 6.64. The molecule has 0 radical (unpaired) electrons. The van der Waals surface area contributed by atoms with Crippen LogP contribution in [0.1, 0.15) is 16.7 Å². The zero-order valence-corrected chi connectivity index (χ0v) is 18.9. The van der Waals surface area contributed by atoms with Gasteiger partial charge in [-0.15, -0.1) is 0 Å². The highest BCUT2D eigenvalue weighted by molar-refractivity contribution is 8.18. The molecule has 0 bridgehead atoms. The minimum atomic E-state index is -4.54. The first-order chi connectivity index (χ1) is 15.7. The van der Waals surface area contributed by atoms with Crippen molar-refractivity contribution in [3.63, 3.8) is 0 Å². The number of benzene rings is 2. The van der Waals surface area contributed by atoms with Crippen molar-refractivity contribution in [1.82, 2.24) is 20.0 Å². The minimum Gasteiger partial charge on any atom is -0.318 e. The molecular weight excluding hydrogens is 477 g/mol. The Bertz CT molecular complexity index is 1270. The summed E-state index contributed by atoms with van der Waals surface area (Å²) in [6, 6.07) is 8.89. The molecule has 1 aliphatic heterocycles. The molecule has 2 aromatic carbocycles. The molecule has 11 heteroatoms. The number of amides is 2. The maximum absolute atomic E-state index is 13.4. The summed E-state index contributed by atoms with van der Waals surface area (Å²) in [4.78, 5) is 26.1. The smallest absolute Gasteiger partial charge is 0.318 e. The predicted octanol–water partition coefficient (Wildman–Crippen LogP) is 5.01. The van der Waals surface area contributed by atoms with E-state index in [1.165, 1.54) is 21.7 Å². The monoisotopic (exact) mass is 494 g/mol. The number of thioether (sulfide) groups is 1. The molecule has 1 N–H and O–H groups in total. The maximum atomic E-state index is 13.4. The van der Waals surface area contributed by atoms with Gasteiger partial charge in [-0.3, -0.25) is 19.2 Å². The maximum Gasteiger partial charge on any atom is 0.416 e. The Morgan fingerprint density at radius 3 is 2.70 bits per heavy atom. The van der Waals surface area contributed by atoms with Crippen molar-refractivity contribution in [3.8, 4) is 0 Å². The van der Waals surface area contributed by atoms with Gasteiger partial charge in [-0.1, -0.05) is 23.7 Å². The number of fused-ring (bicyclic) bond motifs is 1. The summed E-state index contributed by atoms with van der Waals surface area (Å²) in [5.74, 6) is -0.349. The summed E-state index contributed by atoms with van der Waals surface area (Å²) in [5.41, 5.74) is 0.571. The Morgan fingerprint density at radius 1 is 1.18 bits per heavy atom. The van der Waals surface area contributed by atoms with Crippen molar-refractivity contribution in [1.29, 1.82) is 0 Å². The molecular formula is C22H18ClF3N4O2S. The van der Waals surface area contributed by atoms with Crippen LogP contribution in [-0.4, -0.2) is 46.0 Å². The summed E-state index contributed by atoms with van der Waals surface area (Å²) in [6.45, 7) is 0.703. The van der Waals surface area contributed by atoms with E-state index in [2.05, 4.69) is 10.4 Å². The molecule has 0 unspecified atom stereocenters. The molecule has 1 aliphatic rings. The number of halogens is 4. The topological polar surface area (TPSA) is 67.2 Å². The van der Waals surface area contributed by atoms with E-state index in [1.54, 1.807) is 37.5 Å². The van der Waals surface area contributed by atoms with Crippen molar-refractivity contribution in [2.75, 3.05) is 20.1 Å². The normalized spacial score (nSPS) is 15.9. The van der Waals surface area contributed by atoms with Gasteiger partial charge in [0, 0.05) is 23.5 Å². The lowest BCUT2D eigenvalue weighted by molar-refractivity contribution is -0.138. The number of carbonyl (C=O) groups excluding carboxylic acids is 2. The van der Waals surface area contributed by atoms with E-state index >= 15 is 0 Å². The first kappa shape index (κ1) is 23.3. The minimum absolute atomic E-state index is 0.0106. The SMILES string of the molecule is CNCCN1C(=O)SC(=Cc2ccc3c(cnn3Cc3ccc(Cl)cc3C(F)(F)F)c2)C1=O. The molecule has 0 spiro atoms. The fourth-order valence-corrected chi connectivity index (χ4v) is 4.54. The van der Waals surface area contributed by atoms with Crippen LogP contribution in [0.5, 0.6) is 0 Å². The molecule has 1 saturated heterocycles. The lowest BCUT2D eigenvalue weighted by Gasteiger charge is -2.14. The third-order valence-corrected chi connectivity index (χ3v) is 6.26. The van der Waals surface area contributed by atoms with Crippen LogP contribution in [0.15, 0.2) is 47.5 Å². The zero-order valence-electron chi connectivity index (χ0n) is 17.3. The van der Waals surface area contributed by atoms with Gasteiger partial charge in [0.2, 0.25) is 0 Å². The van der Waals surface area contributed by atoms with E-state index in [-0.39, 0.29) is 34.8 Å². The van der Waals surface area contributed by atoms with Gasteiger partial charge in [-0.25, -0.2) is 0 Å². The van der Waals surface area contributed by atoms with Crippen LogP contribution in [0, 0.1) is 0 Å². The van der Waals surface area contributed by atoms with E-state index in [0.717, 1.165) is 17.8 Å². The van der Waals surface area contributed by atoms with E-state index in [1.807, 2.05) is 0 Å². The molecule has 3 aromatic rings. The van der Waals surface area contributed by atoms with Gasteiger partial charge >= 0.3 is 6.18 Å². The van der Waals surface area contributed by atoms with E-state index in [4.69, 9.17) is 11.6 Å². The highest BCUT2D eigenvalue weighted by Crippen LogP contribution is 2.35. The molecule has 2 heterocycles. The lowest BCUT2D eigenvalue weighted by atomic mass is 10.1. The molecule has 6 nitrogen and oxygen atoms in total. The van der Waals surface area contributed by atoms with Crippen LogP contribution in [0.25, 0.3) is 17.0 Å². The molecule has 4 rings (SSSR count). The number of nitrogens with zero attached hydrogens (tertiary/aromatic N) is 3. The second-order valence-corrected chi connectivity index (χ2v) is 8.79. The van der Waals surface area contributed by atoms with Crippen molar-refractivity contribution >= 4 is 51.5 Å². The zero-order chi connectivity index (χ0) is 23.8. The van der Waals surface area contributed by atoms with Gasteiger partial charge < -0.3 is 5.32 Å². The number of carbonyl (C=O) groups is 2. The lowest BCUT2D eigenvalue weighted by Crippen LogP contribution is -2.34. The Hall–Kier alpha value is -2.82. The third-order valence-electron chi connectivity index (χ3n) is 5.12. The number of aromatic nitrogens is 2. The second kappa shape index (κ2) is 9.20. The Kier molecular flexibility index (Phi) is 6.51. The van der Waals surface area contributed by atoms with Crippen LogP contribution in [0.3, 0.4) is 0 Å². The molecule has 33 heavy (non-hydrogen) atoms. The van der Waals surface area contributed by atoms with Crippen LogP contribution in [-0.2, 0) is 17.5 Å². The highest BCUT2D eigenvalue weighted by atomic mass is 35.5. The quantitative estimate of drug-likeness (QED) is 0.488. The van der Waals surface area contributed by atoms with E-state index < -0.39 is 11.7 Å². The Balaban J connectivity index is 1.60. The van der Waals surface area contributed by atoms with Gasteiger partial charge in [0.05, 0.1) is 28.7 Å². The first-order valence-corrected chi connectivity index (χ1v) is 11.1. The number of imide groups is 1. The summed E-state index contributed by atoms with van der Waals surface area (Å²) in [7, 11) is 1.74. The van der Waals surface area contributed by atoms with Crippen LogP contribution < -0.4 is 5.32 Å². The predicted molar refractivity (Wildman–Crippen MR) is 122 cm³/mol. The number of nitrogens with one attached hydrogen (secondary N) is 1. The molecule has 1 fully saturated rings. The van der Waals surface area contributed by atoms with Crippen molar-refractivity contribution in [2.45, 2.75) is 12.7 Å². The number of rotatable bonds is 6.